The van der Waals surface area contributed by atoms with Crippen LogP contribution in [0.4, 0.5) is 0 Å². The van der Waals surface area contributed by atoms with E-state index in [1.165, 1.54) is 0 Å². The van der Waals surface area contributed by atoms with Gasteiger partial charge in [0.15, 0.2) is 0 Å². The highest BCUT2D eigenvalue weighted by Crippen LogP contribution is 2.04. The Bertz CT molecular complexity index is 100. The van der Waals surface area contributed by atoms with Crippen LogP contribution in [0.2, 0.25) is 0 Å². The summed E-state index contributed by atoms with van der Waals surface area (Å²) in [5.74, 6) is 0. The lowest BCUT2D eigenvalue weighted by molar-refractivity contribution is -0.137. The van der Waals surface area contributed by atoms with E-state index in [9.17, 15) is 0 Å². The number of nitrogens with one attached hydrogen (secondary N) is 1. The molecule has 0 aliphatic carbocycles. The molecule has 66 valence electrons. The first-order chi connectivity index (χ1) is 5.29. The molecule has 1 unspecified atom stereocenters. The van der Waals surface area contributed by atoms with E-state index >= 15 is 0 Å². The maximum atomic E-state index is 5.34. The summed E-state index contributed by atoms with van der Waals surface area (Å²) in [6.45, 7) is 6.52. The van der Waals surface area contributed by atoms with Crippen LogP contribution in [0, 0.1) is 0 Å². The van der Waals surface area contributed by atoms with E-state index in [0.717, 1.165) is 19.6 Å². The Morgan fingerprint density at radius 2 is 2.36 bits per heavy atom. The molecule has 1 atom stereocenters. The number of hydrogen-bond acceptors (Lipinski definition) is 3. The second kappa shape index (κ2) is 4.70. The molecule has 0 bridgehead atoms. The highest BCUT2D eigenvalue weighted by Gasteiger charge is 2.13. The van der Waals surface area contributed by atoms with Gasteiger partial charge in [-0.15, -0.1) is 0 Å². The van der Waals surface area contributed by atoms with Gasteiger partial charge in [0.1, 0.15) is 6.79 Å². The summed E-state index contributed by atoms with van der Waals surface area (Å²) in [5.41, 5.74) is 0. The molecular weight excluding hydrogens is 142 g/mol. The van der Waals surface area contributed by atoms with E-state index in [0.29, 0.717) is 18.9 Å². The Labute approximate surface area is 68.1 Å². The van der Waals surface area contributed by atoms with Crippen LogP contribution in [0.3, 0.4) is 0 Å². The van der Waals surface area contributed by atoms with Crippen molar-refractivity contribution < 1.29 is 9.47 Å². The van der Waals surface area contributed by atoms with Gasteiger partial charge in [-0.3, -0.25) is 0 Å². The van der Waals surface area contributed by atoms with Gasteiger partial charge >= 0.3 is 0 Å². The predicted octanol–water partition coefficient (Wildman–Crippen LogP) is 0.747. The van der Waals surface area contributed by atoms with E-state index in [1.54, 1.807) is 0 Å². The van der Waals surface area contributed by atoms with Crippen LogP contribution < -0.4 is 5.32 Å². The molecule has 3 nitrogen and oxygen atoms in total. The molecule has 0 saturated carbocycles. The summed E-state index contributed by atoms with van der Waals surface area (Å²) in [6, 6.07) is 0.543. The minimum absolute atomic E-state index is 0.353. The molecule has 3 heteroatoms. The molecular formula is C8H17NO2. The van der Waals surface area contributed by atoms with Crippen LogP contribution in [-0.2, 0) is 9.47 Å². The van der Waals surface area contributed by atoms with Gasteiger partial charge in [-0.1, -0.05) is 13.8 Å². The molecule has 1 N–H and O–H groups in total. The molecule has 1 aliphatic rings. The van der Waals surface area contributed by atoms with Crippen molar-refractivity contribution in [2.45, 2.75) is 32.4 Å². The van der Waals surface area contributed by atoms with Crippen molar-refractivity contribution in [2.75, 3.05) is 19.9 Å². The van der Waals surface area contributed by atoms with Gasteiger partial charge in [-0.05, 0) is 6.42 Å². The minimum atomic E-state index is 0.353. The van der Waals surface area contributed by atoms with Gasteiger partial charge in [0.2, 0.25) is 0 Å². The van der Waals surface area contributed by atoms with Crippen molar-refractivity contribution in [3.8, 4) is 0 Å². The first-order valence-electron chi connectivity index (χ1n) is 4.22. The second-order valence-corrected chi connectivity index (χ2v) is 3.17. The van der Waals surface area contributed by atoms with Crippen molar-refractivity contribution in [1.82, 2.24) is 5.32 Å². The van der Waals surface area contributed by atoms with Crippen LogP contribution in [-0.4, -0.2) is 32.1 Å². The smallest absolute Gasteiger partial charge is 0.147 e. The van der Waals surface area contributed by atoms with E-state index in [1.807, 2.05) is 0 Å². The SMILES string of the molecule is CC(C)NCC1CCOCO1. The molecule has 0 aromatic heterocycles. The molecule has 0 aromatic carbocycles. The van der Waals surface area contributed by atoms with Crippen molar-refractivity contribution in [2.24, 2.45) is 0 Å². The standard InChI is InChI=1S/C8H17NO2/c1-7(2)9-5-8-3-4-10-6-11-8/h7-9H,3-6H2,1-2H3. The predicted molar refractivity (Wildman–Crippen MR) is 43.4 cm³/mol. The molecule has 1 fully saturated rings. The van der Waals surface area contributed by atoms with Gasteiger partial charge in [0.05, 0.1) is 12.7 Å². The quantitative estimate of drug-likeness (QED) is 0.659. The normalized spacial score (nSPS) is 25.9. The molecule has 0 amide bonds. The van der Waals surface area contributed by atoms with E-state index in [2.05, 4.69) is 19.2 Å². The molecule has 0 spiro atoms. The summed E-state index contributed by atoms with van der Waals surface area (Å²) >= 11 is 0. The van der Waals surface area contributed by atoms with Gasteiger partial charge in [0.25, 0.3) is 0 Å². The molecule has 1 rings (SSSR count). The lowest BCUT2D eigenvalue weighted by Crippen LogP contribution is -2.36. The Hall–Kier alpha value is -0.120. The minimum Gasteiger partial charge on any atom is -0.355 e. The fourth-order valence-corrected chi connectivity index (χ4v) is 1.03. The van der Waals surface area contributed by atoms with Crippen molar-refractivity contribution in [3.05, 3.63) is 0 Å². The highest BCUT2D eigenvalue weighted by atomic mass is 16.7. The zero-order chi connectivity index (χ0) is 8.10. The number of ether oxygens (including phenoxy) is 2. The first-order valence-corrected chi connectivity index (χ1v) is 4.22. The average molecular weight is 159 g/mol. The van der Waals surface area contributed by atoms with Gasteiger partial charge < -0.3 is 14.8 Å². The summed E-state index contributed by atoms with van der Waals surface area (Å²) in [7, 11) is 0. The lowest BCUT2D eigenvalue weighted by atomic mass is 10.2. The third-order valence-electron chi connectivity index (χ3n) is 1.73. The molecule has 0 aromatic rings. The Morgan fingerprint density at radius 1 is 1.55 bits per heavy atom. The fourth-order valence-electron chi connectivity index (χ4n) is 1.03. The van der Waals surface area contributed by atoms with Crippen LogP contribution in [0.15, 0.2) is 0 Å². The zero-order valence-electron chi connectivity index (χ0n) is 7.30. The van der Waals surface area contributed by atoms with Crippen LogP contribution in [0.5, 0.6) is 0 Å². The molecule has 11 heavy (non-hydrogen) atoms. The van der Waals surface area contributed by atoms with E-state index < -0.39 is 0 Å². The molecule has 1 heterocycles. The summed E-state index contributed by atoms with van der Waals surface area (Å²) in [4.78, 5) is 0. The summed E-state index contributed by atoms with van der Waals surface area (Å²) in [6.07, 6.45) is 1.37. The third kappa shape index (κ3) is 3.70. The molecule has 0 radical (unpaired) electrons. The monoisotopic (exact) mass is 159 g/mol. The third-order valence-corrected chi connectivity index (χ3v) is 1.73. The van der Waals surface area contributed by atoms with E-state index in [-0.39, 0.29) is 0 Å². The Balaban J connectivity index is 2.05. The Morgan fingerprint density at radius 3 is 2.91 bits per heavy atom. The summed E-state index contributed by atoms with van der Waals surface area (Å²) < 4.78 is 10.4. The average Bonchev–Trinajstić information content (AvgIpc) is 2.03. The van der Waals surface area contributed by atoms with Gasteiger partial charge in [-0.2, -0.15) is 0 Å². The maximum Gasteiger partial charge on any atom is 0.147 e. The first kappa shape index (κ1) is 8.97. The maximum absolute atomic E-state index is 5.34. The van der Waals surface area contributed by atoms with Crippen molar-refractivity contribution in [3.63, 3.8) is 0 Å². The van der Waals surface area contributed by atoms with E-state index in [4.69, 9.17) is 9.47 Å². The van der Waals surface area contributed by atoms with Crippen LogP contribution >= 0.6 is 0 Å². The van der Waals surface area contributed by atoms with Crippen molar-refractivity contribution in [1.29, 1.82) is 0 Å². The molecule has 1 saturated heterocycles. The van der Waals surface area contributed by atoms with Crippen LogP contribution in [0.25, 0.3) is 0 Å². The summed E-state index contributed by atoms with van der Waals surface area (Å²) in [5, 5.41) is 3.33. The van der Waals surface area contributed by atoms with Crippen LogP contribution in [0.1, 0.15) is 20.3 Å². The second-order valence-electron chi connectivity index (χ2n) is 3.17. The zero-order valence-corrected chi connectivity index (χ0v) is 7.30. The fraction of sp³-hybridized carbons (Fsp3) is 1.00. The largest absolute Gasteiger partial charge is 0.355 e. The van der Waals surface area contributed by atoms with Gasteiger partial charge in [-0.25, -0.2) is 0 Å². The number of hydrogen-bond donors (Lipinski definition) is 1. The topological polar surface area (TPSA) is 30.5 Å². The number of rotatable bonds is 3. The molecule has 1 aliphatic heterocycles. The van der Waals surface area contributed by atoms with Gasteiger partial charge in [0, 0.05) is 12.6 Å². The lowest BCUT2D eigenvalue weighted by Gasteiger charge is -2.23. The van der Waals surface area contributed by atoms with Crippen molar-refractivity contribution >= 4 is 0 Å². The Kier molecular flexibility index (Phi) is 3.83. The highest BCUT2D eigenvalue weighted by molar-refractivity contribution is 4.65.